The van der Waals surface area contributed by atoms with Crippen LogP contribution in [0, 0.1) is 0 Å². The second-order valence-electron chi connectivity index (χ2n) is 7.98. The Morgan fingerprint density at radius 1 is 1.03 bits per heavy atom. The zero-order valence-electron chi connectivity index (χ0n) is 17.3. The van der Waals surface area contributed by atoms with Gasteiger partial charge in [0.05, 0.1) is 17.5 Å². The molecule has 1 aliphatic heterocycles. The molecule has 6 heteroatoms. The van der Waals surface area contributed by atoms with Crippen molar-refractivity contribution in [3.8, 4) is 0 Å². The molecule has 2 N–H and O–H groups in total. The second kappa shape index (κ2) is 7.86. The minimum Gasteiger partial charge on any atom is -0.361 e. The van der Waals surface area contributed by atoms with E-state index in [4.69, 9.17) is 4.98 Å². The molecule has 1 amide bonds. The van der Waals surface area contributed by atoms with Gasteiger partial charge in [0.2, 0.25) is 11.9 Å². The number of H-pyrrole nitrogens is 2. The highest BCUT2D eigenvalue weighted by Crippen LogP contribution is 2.24. The van der Waals surface area contributed by atoms with Gasteiger partial charge in [0.1, 0.15) is 0 Å². The molecule has 1 fully saturated rings. The first-order valence-corrected chi connectivity index (χ1v) is 10.8. The first kappa shape index (κ1) is 18.7. The van der Waals surface area contributed by atoms with Crippen LogP contribution in [0.5, 0.6) is 0 Å². The Hall–Kier alpha value is -3.28. The molecule has 1 saturated heterocycles. The van der Waals surface area contributed by atoms with Gasteiger partial charge in [0.25, 0.3) is 0 Å². The predicted octanol–water partition coefficient (Wildman–Crippen LogP) is 3.89. The molecule has 0 aliphatic carbocycles. The summed E-state index contributed by atoms with van der Waals surface area (Å²) >= 11 is 0. The normalized spacial score (nSPS) is 15.1. The van der Waals surface area contributed by atoms with Crippen LogP contribution in [0.3, 0.4) is 0 Å². The number of benzene rings is 2. The zero-order valence-corrected chi connectivity index (χ0v) is 17.3. The van der Waals surface area contributed by atoms with E-state index in [1.165, 1.54) is 10.9 Å². The summed E-state index contributed by atoms with van der Waals surface area (Å²) in [6, 6.07) is 14.4. The van der Waals surface area contributed by atoms with Gasteiger partial charge in [-0.3, -0.25) is 4.79 Å². The van der Waals surface area contributed by atoms with Gasteiger partial charge < -0.3 is 19.8 Å². The predicted molar refractivity (Wildman–Crippen MR) is 121 cm³/mol. The number of aryl methyl sites for hydroxylation is 1. The molecule has 2 aromatic carbocycles. The van der Waals surface area contributed by atoms with Crippen molar-refractivity contribution in [2.75, 3.05) is 31.1 Å². The monoisotopic (exact) mass is 401 g/mol. The van der Waals surface area contributed by atoms with Crippen molar-refractivity contribution < 1.29 is 4.79 Å². The molecule has 0 unspecified atom stereocenters. The number of carbonyl (C=O) groups is 1. The van der Waals surface area contributed by atoms with Gasteiger partial charge in [0, 0.05) is 43.3 Å². The van der Waals surface area contributed by atoms with Gasteiger partial charge in [-0.15, -0.1) is 0 Å². The number of para-hydroxylation sites is 3. The van der Waals surface area contributed by atoms with Crippen molar-refractivity contribution >= 4 is 33.8 Å². The van der Waals surface area contributed by atoms with Crippen LogP contribution >= 0.6 is 0 Å². The molecule has 5 rings (SSSR count). The van der Waals surface area contributed by atoms with E-state index in [2.05, 4.69) is 40.0 Å². The van der Waals surface area contributed by atoms with Crippen molar-refractivity contribution in [2.24, 2.45) is 0 Å². The van der Waals surface area contributed by atoms with Crippen molar-refractivity contribution in [1.82, 2.24) is 19.9 Å². The molecule has 6 nitrogen and oxygen atoms in total. The Labute approximate surface area is 175 Å². The lowest BCUT2D eigenvalue weighted by atomic mass is 10.1. The number of aromatic amines is 2. The maximum absolute atomic E-state index is 13.1. The minimum absolute atomic E-state index is 0.198. The topological polar surface area (TPSA) is 68.0 Å². The van der Waals surface area contributed by atoms with Gasteiger partial charge in [0.15, 0.2) is 0 Å². The van der Waals surface area contributed by atoms with Crippen LogP contribution in [0.2, 0.25) is 0 Å². The number of carbonyl (C=O) groups excluding carboxylic acids is 1. The first-order valence-electron chi connectivity index (χ1n) is 10.8. The molecule has 154 valence electrons. The fourth-order valence-electron chi connectivity index (χ4n) is 4.46. The van der Waals surface area contributed by atoms with Gasteiger partial charge in [-0.05, 0) is 36.1 Å². The Kier molecular flexibility index (Phi) is 4.91. The Balaban J connectivity index is 1.28. The van der Waals surface area contributed by atoms with Crippen molar-refractivity contribution in [3.63, 3.8) is 0 Å². The Morgan fingerprint density at radius 2 is 1.93 bits per heavy atom. The van der Waals surface area contributed by atoms with Crippen LogP contribution in [0.15, 0.2) is 48.7 Å². The third kappa shape index (κ3) is 3.43. The number of hydrogen-bond acceptors (Lipinski definition) is 3. The Bertz CT molecular complexity index is 1160. The van der Waals surface area contributed by atoms with Crippen LogP contribution in [0.1, 0.15) is 24.5 Å². The number of imidazole rings is 1. The highest BCUT2D eigenvalue weighted by Gasteiger charge is 2.22. The van der Waals surface area contributed by atoms with E-state index in [1.54, 1.807) is 0 Å². The number of nitrogens with zero attached hydrogens (tertiary/aromatic N) is 3. The summed E-state index contributed by atoms with van der Waals surface area (Å²) < 4.78 is 0. The number of fused-ring (bicyclic) bond motifs is 2. The standard InChI is InChI=1S/C24H27N5O/c1-2-17-7-5-8-19-18(16-25-23(17)19)15-22(30)28-11-6-12-29(14-13-28)24-26-20-9-3-4-10-21(20)27-24/h3-5,7-10,16,25H,2,6,11-15H2,1H3,(H,26,27). The lowest BCUT2D eigenvalue weighted by Gasteiger charge is -2.21. The van der Waals surface area contributed by atoms with Gasteiger partial charge in [-0.25, -0.2) is 4.98 Å². The zero-order chi connectivity index (χ0) is 20.5. The smallest absolute Gasteiger partial charge is 0.227 e. The lowest BCUT2D eigenvalue weighted by molar-refractivity contribution is -0.130. The van der Waals surface area contributed by atoms with E-state index in [9.17, 15) is 4.79 Å². The average Bonchev–Trinajstić information content (AvgIpc) is 3.30. The summed E-state index contributed by atoms with van der Waals surface area (Å²) in [5.41, 5.74) is 5.58. The van der Waals surface area contributed by atoms with E-state index in [0.717, 1.165) is 67.1 Å². The van der Waals surface area contributed by atoms with E-state index >= 15 is 0 Å². The average molecular weight is 402 g/mol. The van der Waals surface area contributed by atoms with Crippen LogP contribution in [0.25, 0.3) is 21.9 Å². The Morgan fingerprint density at radius 3 is 2.80 bits per heavy atom. The van der Waals surface area contributed by atoms with Crippen LogP contribution in [-0.2, 0) is 17.6 Å². The second-order valence-corrected chi connectivity index (χ2v) is 7.98. The summed E-state index contributed by atoms with van der Waals surface area (Å²) in [7, 11) is 0. The molecule has 0 spiro atoms. The molecule has 30 heavy (non-hydrogen) atoms. The minimum atomic E-state index is 0.198. The summed E-state index contributed by atoms with van der Waals surface area (Å²) in [5.74, 6) is 1.10. The maximum atomic E-state index is 13.1. The van der Waals surface area contributed by atoms with Crippen LogP contribution in [-0.4, -0.2) is 51.9 Å². The molecule has 3 heterocycles. The third-order valence-corrected chi connectivity index (χ3v) is 6.14. The highest BCUT2D eigenvalue weighted by molar-refractivity contribution is 5.90. The number of amides is 1. The molecular formula is C24H27N5O. The molecular weight excluding hydrogens is 374 g/mol. The maximum Gasteiger partial charge on any atom is 0.227 e. The number of hydrogen-bond donors (Lipinski definition) is 2. The van der Waals surface area contributed by atoms with Crippen molar-refractivity contribution in [2.45, 2.75) is 26.2 Å². The molecule has 0 atom stereocenters. The summed E-state index contributed by atoms with van der Waals surface area (Å²) in [4.78, 5) is 28.8. The van der Waals surface area contributed by atoms with Crippen LogP contribution < -0.4 is 4.90 Å². The van der Waals surface area contributed by atoms with E-state index in [0.29, 0.717) is 6.42 Å². The number of aromatic nitrogens is 3. The van der Waals surface area contributed by atoms with Crippen molar-refractivity contribution in [1.29, 1.82) is 0 Å². The third-order valence-electron chi connectivity index (χ3n) is 6.14. The molecule has 1 aliphatic rings. The van der Waals surface area contributed by atoms with Crippen molar-refractivity contribution in [3.05, 3.63) is 59.8 Å². The summed E-state index contributed by atoms with van der Waals surface area (Å²) in [6.45, 7) is 5.36. The fourth-order valence-corrected chi connectivity index (χ4v) is 4.46. The molecule has 2 aromatic heterocycles. The fraction of sp³-hybridized carbons (Fsp3) is 0.333. The summed E-state index contributed by atoms with van der Waals surface area (Å²) in [6.07, 6.45) is 4.36. The molecule has 0 radical (unpaired) electrons. The first-order chi connectivity index (χ1) is 14.7. The quantitative estimate of drug-likeness (QED) is 0.545. The molecule has 4 aromatic rings. The molecule has 0 saturated carbocycles. The number of rotatable bonds is 4. The number of anilines is 1. The number of nitrogens with one attached hydrogen (secondary N) is 2. The van der Waals surface area contributed by atoms with Gasteiger partial charge in [-0.1, -0.05) is 37.3 Å². The van der Waals surface area contributed by atoms with E-state index < -0.39 is 0 Å². The largest absolute Gasteiger partial charge is 0.361 e. The molecule has 0 bridgehead atoms. The van der Waals surface area contributed by atoms with Gasteiger partial charge >= 0.3 is 0 Å². The lowest BCUT2D eigenvalue weighted by Crippen LogP contribution is -2.36. The summed E-state index contributed by atoms with van der Waals surface area (Å²) in [5, 5.41) is 1.17. The van der Waals surface area contributed by atoms with E-state index in [1.807, 2.05) is 35.4 Å². The van der Waals surface area contributed by atoms with E-state index in [-0.39, 0.29) is 5.91 Å². The highest BCUT2D eigenvalue weighted by atomic mass is 16.2. The van der Waals surface area contributed by atoms with Crippen LogP contribution in [0.4, 0.5) is 5.95 Å². The van der Waals surface area contributed by atoms with Gasteiger partial charge in [-0.2, -0.15) is 0 Å². The SMILES string of the molecule is CCc1cccc2c(CC(=O)N3CCCN(c4nc5ccccc5[nH]4)CC3)c[nH]c12.